The Morgan fingerprint density at radius 1 is 1.00 bits per heavy atom. The van der Waals surface area contributed by atoms with Crippen molar-refractivity contribution in [2.24, 2.45) is 11.8 Å². The number of likely N-dealkylation sites (tertiary alicyclic amines) is 1. The summed E-state index contributed by atoms with van der Waals surface area (Å²) in [5.41, 5.74) is 0. The number of rotatable bonds is 9. The van der Waals surface area contributed by atoms with E-state index >= 15 is 0 Å². The van der Waals surface area contributed by atoms with Crippen LogP contribution in [0.25, 0.3) is 0 Å². The summed E-state index contributed by atoms with van der Waals surface area (Å²) >= 11 is 0. The fourth-order valence-corrected chi connectivity index (χ4v) is 5.03. The van der Waals surface area contributed by atoms with Crippen molar-refractivity contribution in [3.63, 3.8) is 0 Å². The van der Waals surface area contributed by atoms with Crippen LogP contribution >= 0.6 is 0 Å². The molecule has 0 bridgehead atoms. The smallest absolute Gasteiger partial charge is 0.220 e. The van der Waals surface area contributed by atoms with E-state index in [1.165, 1.54) is 13.0 Å². The SMILES string of the molecule is CC(C)CN1CC[C@@H](N2CCOCC2)[C@@H](CCC(=O)NCCN2CCOCC2)C1. The monoisotopic (exact) mass is 410 g/mol. The van der Waals surface area contributed by atoms with Gasteiger partial charge in [0, 0.05) is 64.8 Å². The first-order chi connectivity index (χ1) is 14.1. The summed E-state index contributed by atoms with van der Waals surface area (Å²) in [5, 5.41) is 3.14. The van der Waals surface area contributed by atoms with Crippen LogP contribution in [-0.4, -0.2) is 112 Å². The minimum atomic E-state index is 0.208. The number of hydrogen-bond donors (Lipinski definition) is 1. The molecule has 0 aliphatic carbocycles. The van der Waals surface area contributed by atoms with Crippen LogP contribution in [-0.2, 0) is 14.3 Å². The van der Waals surface area contributed by atoms with Crippen LogP contribution in [0.15, 0.2) is 0 Å². The summed E-state index contributed by atoms with van der Waals surface area (Å²) in [4.78, 5) is 20.1. The third-order valence-corrected chi connectivity index (χ3v) is 6.51. The maximum Gasteiger partial charge on any atom is 0.220 e. The quantitative estimate of drug-likeness (QED) is 0.609. The largest absolute Gasteiger partial charge is 0.379 e. The second-order valence-electron chi connectivity index (χ2n) is 9.26. The van der Waals surface area contributed by atoms with Gasteiger partial charge in [-0.2, -0.15) is 0 Å². The Labute approximate surface area is 177 Å². The summed E-state index contributed by atoms with van der Waals surface area (Å²) in [6, 6.07) is 0.600. The zero-order valence-electron chi connectivity index (χ0n) is 18.6. The van der Waals surface area contributed by atoms with Crippen molar-refractivity contribution in [2.75, 3.05) is 85.3 Å². The molecule has 0 radical (unpaired) electrons. The highest BCUT2D eigenvalue weighted by Crippen LogP contribution is 2.27. The van der Waals surface area contributed by atoms with Crippen LogP contribution in [0.3, 0.4) is 0 Å². The molecule has 0 spiro atoms. The molecule has 168 valence electrons. The van der Waals surface area contributed by atoms with Crippen molar-refractivity contribution < 1.29 is 14.3 Å². The van der Waals surface area contributed by atoms with Crippen LogP contribution in [0.4, 0.5) is 0 Å². The normalized spacial score (nSPS) is 28.0. The topological polar surface area (TPSA) is 57.3 Å². The molecule has 7 nitrogen and oxygen atoms in total. The molecular formula is C22H42N4O3. The fourth-order valence-electron chi connectivity index (χ4n) is 5.03. The Kier molecular flexibility index (Phi) is 9.66. The zero-order valence-corrected chi connectivity index (χ0v) is 18.6. The lowest BCUT2D eigenvalue weighted by atomic mass is 9.86. The van der Waals surface area contributed by atoms with Gasteiger partial charge in [-0.1, -0.05) is 13.8 Å². The molecule has 7 heteroatoms. The molecule has 0 aromatic carbocycles. The molecule has 3 heterocycles. The molecule has 3 aliphatic heterocycles. The molecule has 1 amide bonds. The van der Waals surface area contributed by atoms with E-state index in [2.05, 4.69) is 33.9 Å². The molecule has 0 aromatic heterocycles. The van der Waals surface area contributed by atoms with E-state index in [0.717, 1.165) is 85.2 Å². The lowest BCUT2D eigenvalue weighted by Gasteiger charge is -2.45. The summed E-state index contributed by atoms with van der Waals surface area (Å²) < 4.78 is 10.9. The van der Waals surface area contributed by atoms with Crippen LogP contribution in [0.1, 0.15) is 33.1 Å². The Morgan fingerprint density at radius 3 is 2.38 bits per heavy atom. The fraction of sp³-hybridized carbons (Fsp3) is 0.955. The molecule has 3 fully saturated rings. The van der Waals surface area contributed by atoms with Crippen molar-refractivity contribution in [1.82, 2.24) is 20.0 Å². The molecule has 0 aromatic rings. The van der Waals surface area contributed by atoms with E-state index in [-0.39, 0.29) is 5.91 Å². The van der Waals surface area contributed by atoms with Gasteiger partial charge in [0.25, 0.3) is 0 Å². The van der Waals surface area contributed by atoms with Gasteiger partial charge in [0.05, 0.1) is 26.4 Å². The van der Waals surface area contributed by atoms with E-state index in [9.17, 15) is 4.79 Å². The van der Waals surface area contributed by atoms with Crippen LogP contribution in [0.2, 0.25) is 0 Å². The van der Waals surface area contributed by atoms with Crippen molar-refractivity contribution in [3.8, 4) is 0 Å². The van der Waals surface area contributed by atoms with Gasteiger partial charge in [-0.25, -0.2) is 0 Å². The van der Waals surface area contributed by atoms with Gasteiger partial charge < -0.3 is 19.7 Å². The predicted octanol–water partition coefficient (Wildman–Crippen LogP) is 0.894. The van der Waals surface area contributed by atoms with Gasteiger partial charge in [-0.05, 0) is 31.2 Å². The average Bonchev–Trinajstić information content (AvgIpc) is 2.73. The molecular weight excluding hydrogens is 368 g/mol. The highest BCUT2D eigenvalue weighted by molar-refractivity contribution is 5.75. The van der Waals surface area contributed by atoms with Crippen LogP contribution in [0, 0.1) is 11.8 Å². The second-order valence-corrected chi connectivity index (χ2v) is 9.26. The van der Waals surface area contributed by atoms with Crippen LogP contribution < -0.4 is 5.32 Å². The third kappa shape index (κ3) is 7.79. The minimum absolute atomic E-state index is 0.208. The van der Waals surface area contributed by atoms with Gasteiger partial charge >= 0.3 is 0 Å². The first-order valence-electron chi connectivity index (χ1n) is 11.7. The number of morpholine rings is 2. The van der Waals surface area contributed by atoms with Gasteiger partial charge in [0.15, 0.2) is 0 Å². The van der Waals surface area contributed by atoms with E-state index in [4.69, 9.17) is 9.47 Å². The summed E-state index contributed by atoms with van der Waals surface area (Å²) in [7, 11) is 0. The first kappa shape index (κ1) is 22.9. The Hall–Kier alpha value is -0.730. The number of ether oxygens (including phenoxy) is 2. The van der Waals surface area contributed by atoms with Crippen molar-refractivity contribution in [3.05, 3.63) is 0 Å². The van der Waals surface area contributed by atoms with Crippen molar-refractivity contribution >= 4 is 5.91 Å². The number of nitrogens with zero attached hydrogens (tertiary/aromatic N) is 3. The number of hydrogen-bond acceptors (Lipinski definition) is 6. The molecule has 0 saturated carbocycles. The second kappa shape index (κ2) is 12.2. The van der Waals surface area contributed by atoms with Gasteiger partial charge in [-0.15, -0.1) is 0 Å². The Balaban J connectivity index is 1.43. The Morgan fingerprint density at radius 2 is 1.69 bits per heavy atom. The van der Waals surface area contributed by atoms with E-state index in [1.807, 2.05) is 0 Å². The molecule has 3 saturated heterocycles. The number of piperidine rings is 1. The summed E-state index contributed by atoms with van der Waals surface area (Å²) in [5.74, 6) is 1.48. The average molecular weight is 411 g/mol. The molecule has 2 atom stereocenters. The molecule has 29 heavy (non-hydrogen) atoms. The number of nitrogens with one attached hydrogen (secondary N) is 1. The summed E-state index contributed by atoms with van der Waals surface area (Å²) in [6.07, 6.45) is 2.85. The number of carbonyl (C=O) groups is 1. The predicted molar refractivity (Wildman–Crippen MR) is 115 cm³/mol. The lowest BCUT2D eigenvalue weighted by Crippen LogP contribution is -2.54. The summed E-state index contributed by atoms with van der Waals surface area (Å²) in [6.45, 7) is 17.1. The third-order valence-electron chi connectivity index (χ3n) is 6.51. The maximum atomic E-state index is 12.5. The van der Waals surface area contributed by atoms with Gasteiger partial charge in [0.2, 0.25) is 5.91 Å². The lowest BCUT2D eigenvalue weighted by molar-refractivity contribution is -0.121. The highest BCUT2D eigenvalue weighted by atomic mass is 16.5. The number of amides is 1. The van der Waals surface area contributed by atoms with Crippen molar-refractivity contribution in [2.45, 2.75) is 39.2 Å². The van der Waals surface area contributed by atoms with Gasteiger partial charge in [-0.3, -0.25) is 14.6 Å². The van der Waals surface area contributed by atoms with Crippen LogP contribution in [0.5, 0.6) is 0 Å². The number of carbonyl (C=O) groups excluding carboxylic acids is 1. The maximum absolute atomic E-state index is 12.5. The van der Waals surface area contributed by atoms with E-state index in [0.29, 0.717) is 24.3 Å². The molecule has 3 aliphatic rings. The van der Waals surface area contributed by atoms with E-state index in [1.54, 1.807) is 0 Å². The minimum Gasteiger partial charge on any atom is -0.379 e. The van der Waals surface area contributed by atoms with Gasteiger partial charge in [0.1, 0.15) is 0 Å². The first-order valence-corrected chi connectivity index (χ1v) is 11.7. The molecule has 0 unspecified atom stereocenters. The van der Waals surface area contributed by atoms with E-state index < -0.39 is 0 Å². The standard InChI is InChI=1S/C22H42N4O3/c1-19(2)17-25-7-5-21(26-11-15-29-16-12-26)20(18-25)3-4-22(27)23-6-8-24-9-13-28-14-10-24/h19-21H,3-18H2,1-2H3,(H,23,27)/t20-,21+/m0/s1. The Bertz CT molecular complexity index is 479. The molecule has 3 rings (SSSR count). The highest BCUT2D eigenvalue weighted by Gasteiger charge is 2.34. The molecule has 1 N–H and O–H groups in total. The zero-order chi connectivity index (χ0) is 20.5. The van der Waals surface area contributed by atoms with Crippen molar-refractivity contribution in [1.29, 1.82) is 0 Å².